The Kier molecular flexibility index (Phi) is 3.62. The van der Waals surface area contributed by atoms with E-state index in [2.05, 4.69) is 0 Å². The SMILES string of the molecule is O=C(O)C=CC1=C(C=CC(=O)O)CC=C1. The summed E-state index contributed by atoms with van der Waals surface area (Å²) in [6.07, 6.45) is 9.24. The molecule has 2 N–H and O–H groups in total. The third-order valence-electron chi connectivity index (χ3n) is 1.84. The third kappa shape index (κ3) is 3.64. The van der Waals surface area contributed by atoms with Crippen LogP contribution in [0.15, 0.2) is 47.6 Å². The lowest BCUT2D eigenvalue weighted by atomic mass is 10.1. The van der Waals surface area contributed by atoms with E-state index in [1.807, 2.05) is 6.08 Å². The zero-order valence-corrected chi connectivity index (χ0v) is 7.88. The van der Waals surface area contributed by atoms with Crippen molar-refractivity contribution in [3.63, 3.8) is 0 Å². The molecule has 1 aliphatic rings. The van der Waals surface area contributed by atoms with Gasteiger partial charge in [0.05, 0.1) is 0 Å². The maximum atomic E-state index is 10.3. The van der Waals surface area contributed by atoms with Crippen LogP contribution in [0.3, 0.4) is 0 Å². The van der Waals surface area contributed by atoms with Crippen LogP contribution in [0.1, 0.15) is 6.42 Å². The highest BCUT2D eigenvalue weighted by Crippen LogP contribution is 2.21. The maximum absolute atomic E-state index is 10.3. The second kappa shape index (κ2) is 4.95. The Bertz CT molecular complexity index is 397. The molecule has 0 amide bonds. The topological polar surface area (TPSA) is 74.6 Å². The van der Waals surface area contributed by atoms with Gasteiger partial charge in [0.2, 0.25) is 0 Å². The van der Waals surface area contributed by atoms with Crippen molar-refractivity contribution in [3.8, 4) is 0 Å². The van der Waals surface area contributed by atoms with Gasteiger partial charge in [-0.1, -0.05) is 18.2 Å². The minimum absolute atomic E-state index is 0.628. The van der Waals surface area contributed by atoms with E-state index in [0.717, 1.165) is 23.3 Å². The molecule has 78 valence electrons. The van der Waals surface area contributed by atoms with Crippen LogP contribution in [0, 0.1) is 0 Å². The largest absolute Gasteiger partial charge is 0.478 e. The van der Waals surface area contributed by atoms with Crippen molar-refractivity contribution in [2.45, 2.75) is 6.42 Å². The minimum atomic E-state index is -1.02. The van der Waals surface area contributed by atoms with Gasteiger partial charge in [-0.2, -0.15) is 0 Å². The first-order valence-corrected chi connectivity index (χ1v) is 4.31. The number of allylic oxidation sites excluding steroid dienone is 6. The quantitative estimate of drug-likeness (QED) is 0.684. The molecule has 0 bridgehead atoms. The first-order chi connectivity index (χ1) is 7.09. The summed E-state index contributed by atoms with van der Waals surface area (Å²) in [5.74, 6) is -2.04. The second-order valence-corrected chi connectivity index (χ2v) is 2.93. The van der Waals surface area contributed by atoms with Crippen molar-refractivity contribution in [1.82, 2.24) is 0 Å². The highest BCUT2D eigenvalue weighted by Gasteiger charge is 2.04. The molecule has 0 fully saturated rings. The fourth-order valence-corrected chi connectivity index (χ4v) is 1.20. The molecule has 0 atom stereocenters. The Balaban J connectivity index is 2.82. The molecule has 1 rings (SSSR count). The summed E-state index contributed by atoms with van der Waals surface area (Å²) < 4.78 is 0. The molecule has 0 aromatic heterocycles. The lowest BCUT2D eigenvalue weighted by Crippen LogP contribution is -1.88. The summed E-state index contributed by atoms with van der Waals surface area (Å²) in [7, 11) is 0. The van der Waals surface area contributed by atoms with Crippen LogP contribution in [0.25, 0.3) is 0 Å². The number of hydrogen-bond donors (Lipinski definition) is 2. The number of aliphatic carboxylic acids is 2. The fourth-order valence-electron chi connectivity index (χ4n) is 1.20. The van der Waals surface area contributed by atoms with E-state index in [1.54, 1.807) is 6.08 Å². The number of hydrogen-bond acceptors (Lipinski definition) is 2. The summed E-state index contributed by atoms with van der Waals surface area (Å²) in [5.41, 5.74) is 1.53. The van der Waals surface area contributed by atoms with Crippen LogP contribution in [-0.2, 0) is 9.59 Å². The van der Waals surface area contributed by atoms with Crippen LogP contribution in [0.2, 0.25) is 0 Å². The van der Waals surface area contributed by atoms with Gasteiger partial charge >= 0.3 is 11.9 Å². The lowest BCUT2D eigenvalue weighted by Gasteiger charge is -1.95. The predicted octanol–water partition coefficient (Wildman–Crippen LogP) is 1.52. The molecule has 0 heterocycles. The zero-order chi connectivity index (χ0) is 11.3. The molecule has 0 saturated carbocycles. The average Bonchev–Trinajstić information content (AvgIpc) is 2.58. The second-order valence-electron chi connectivity index (χ2n) is 2.93. The highest BCUT2D eigenvalue weighted by molar-refractivity contribution is 5.82. The molecule has 4 heteroatoms. The Hall–Kier alpha value is -2.10. The molecule has 0 aliphatic heterocycles. The molecular formula is C11H10O4. The first kappa shape index (κ1) is 11.0. The standard InChI is InChI=1S/C11H10O4/c12-10(13)6-4-8-2-1-3-9(8)5-7-11(14)15/h1-2,4-7H,3H2,(H,12,13)(H,14,15). The average molecular weight is 206 g/mol. The Morgan fingerprint density at radius 2 is 1.73 bits per heavy atom. The molecule has 0 aromatic carbocycles. The van der Waals surface area contributed by atoms with E-state index in [4.69, 9.17) is 10.2 Å². The molecule has 0 unspecified atom stereocenters. The third-order valence-corrected chi connectivity index (χ3v) is 1.84. The molecule has 0 radical (unpaired) electrons. The summed E-state index contributed by atoms with van der Waals surface area (Å²) in [6.45, 7) is 0. The van der Waals surface area contributed by atoms with Gasteiger partial charge in [0.15, 0.2) is 0 Å². The van der Waals surface area contributed by atoms with Crippen molar-refractivity contribution in [1.29, 1.82) is 0 Å². The van der Waals surface area contributed by atoms with E-state index in [-0.39, 0.29) is 0 Å². The van der Waals surface area contributed by atoms with Gasteiger partial charge in [-0.15, -0.1) is 0 Å². The van der Waals surface area contributed by atoms with Gasteiger partial charge in [0.25, 0.3) is 0 Å². The lowest BCUT2D eigenvalue weighted by molar-refractivity contribution is -0.132. The molecule has 4 nitrogen and oxygen atoms in total. The van der Waals surface area contributed by atoms with Gasteiger partial charge < -0.3 is 10.2 Å². The maximum Gasteiger partial charge on any atom is 0.328 e. The minimum Gasteiger partial charge on any atom is -0.478 e. The van der Waals surface area contributed by atoms with Crippen LogP contribution < -0.4 is 0 Å². The predicted molar refractivity (Wildman–Crippen MR) is 54.3 cm³/mol. The molecule has 0 saturated heterocycles. The van der Waals surface area contributed by atoms with Crippen molar-refractivity contribution < 1.29 is 19.8 Å². The van der Waals surface area contributed by atoms with Crippen molar-refractivity contribution in [2.75, 3.05) is 0 Å². The summed E-state index contributed by atoms with van der Waals surface area (Å²) in [4.78, 5) is 20.6. The van der Waals surface area contributed by atoms with Crippen molar-refractivity contribution in [3.05, 3.63) is 47.6 Å². The molecule has 1 aliphatic carbocycles. The Morgan fingerprint density at radius 1 is 1.13 bits per heavy atom. The molecule has 15 heavy (non-hydrogen) atoms. The molecule has 0 spiro atoms. The van der Waals surface area contributed by atoms with Gasteiger partial charge in [-0.25, -0.2) is 9.59 Å². The summed E-state index contributed by atoms with van der Waals surface area (Å²) in [6, 6.07) is 0. The van der Waals surface area contributed by atoms with E-state index < -0.39 is 11.9 Å². The number of carboxylic acid groups (broad SMARTS) is 2. The molecule has 0 aromatic rings. The fraction of sp³-hybridized carbons (Fsp3) is 0.0909. The van der Waals surface area contributed by atoms with Gasteiger partial charge in [0.1, 0.15) is 0 Å². The van der Waals surface area contributed by atoms with E-state index in [0.29, 0.717) is 6.42 Å². The number of carboxylic acids is 2. The van der Waals surface area contributed by atoms with Gasteiger partial charge in [-0.05, 0) is 23.6 Å². The van der Waals surface area contributed by atoms with E-state index in [9.17, 15) is 9.59 Å². The van der Waals surface area contributed by atoms with Crippen LogP contribution in [0.4, 0.5) is 0 Å². The van der Waals surface area contributed by atoms with Gasteiger partial charge in [0, 0.05) is 12.2 Å². The Labute approximate surface area is 86.5 Å². The van der Waals surface area contributed by atoms with Crippen LogP contribution in [0.5, 0.6) is 0 Å². The van der Waals surface area contributed by atoms with Gasteiger partial charge in [-0.3, -0.25) is 0 Å². The summed E-state index contributed by atoms with van der Waals surface area (Å²) >= 11 is 0. The number of rotatable bonds is 4. The zero-order valence-electron chi connectivity index (χ0n) is 7.88. The first-order valence-electron chi connectivity index (χ1n) is 4.31. The van der Waals surface area contributed by atoms with E-state index >= 15 is 0 Å². The van der Waals surface area contributed by atoms with Crippen molar-refractivity contribution in [2.24, 2.45) is 0 Å². The van der Waals surface area contributed by atoms with Crippen LogP contribution in [-0.4, -0.2) is 22.2 Å². The highest BCUT2D eigenvalue weighted by atomic mass is 16.4. The van der Waals surface area contributed by atoms with E-state index in [1.165, 1.54) is 12.2 Å². The normalized spacial score (nSPS) is 15.7. The monoisotopic (exact) mass is 206 g/mol. The summed E-state index contributed by atoms with van der Waals surface area (Å²) in [5, 5.41) is 16.9. The number of carbonyl (C=O) groups is 2. The van der Waals surface area contributed by atoms with Crippen molar-refractivity contribution >= 4 is 11.9 Å². The van der Waals surface area contributed by atoms with Crippen LogP contribution >= 0.6 is 0 Å². The molecular weight excluding hydrogens is 196 g/mol. The Morgan fingerprint density at radius 3 is 2.33 bits per heavy atom. The smallest absolute Gasteiger partial charge is 0.328 e.